The molecule has 0 radical (unpaired) electrons. The third kappa shape index (κ3) is 2.93. The minimum Gasteiger partial charge on any atom is -0.423 e. The Morgan fingerprint density at radius 1 is 1.33 bits per heavy atom. The maximum Gasteiger partial charge on any atom is 0.322 e. The van der Waals surface area contributed by atoms with Crippen molar-refractivity contribution in [1.82, 2.24) is 9.97 Å². The number of halogens is 2. The van der Waals surface area contributed by atoms with Crippen LogP contribution in [0, 0.1) is 10.1 Å². The number of hydrogen-bond acceptors (Lipinski definition) is 5. The van der Waals surface area contributed by atoms with Crippen LogP contribution in [-0.2, 0) is 0 Å². The summed E-state index contributed by atoms with van der Waals surface area (Å²) < 4.78 is 5.98. The second-order valence-corrected chi connectivity index (χ2v) is 4.45. The largest absolute Gasteiger partial charge is 0.423 e. The summed E-state index contributed by atoms with van der Waals surface area (Å²) in [5.41, 5.74) is -0.197. The molecule has 0 N–H and O–H groups in total. The van der Waals surface area contributed by atoms with Crippen molar-refractivity contribution in [3.8, 4) is 11.8 Å². The Morgan fingerprint density at radius 2 is 2.00 bits per heavy atom. The molecule has 1 heterocycles. The van der Waals surface area contributed by atoms with Crippen LogP contribution in [0.4, 0.5) is 5.69 Å². The van der Waals surface area contributed by atoms with Gasteiger partial charge in [-0.3, -0.25) is 10.1 Å². The van der Waals surface area contributed by atoms with Crippen LogP contribution in [0.25, 0.3) is 0 Å². The van der Waals surface area contributed by atoms with Crippen molar-refractivity contribution in [1.29, 1.82) is 0 Å². The van der Waals surface area contributed by atoms with Crippen LogP contribution in [0.5, 0.6) is 11.8 Å². The van der Waals surface area contributed by atoms with E-state index in [1.165, 1.54) is 0 Å². The Morgan fingerprint density at radius 3 is 2.56 bits per heavy atom. The lowest BCUT2D eigenvalue weighted by Gasteiger charge is -2.05. The van der Waals surface area contributed by atoms with E-state index in [0.717, 1.165) is 12.4 Å². The molecule has 0 bridgehead atoms. The smallest absolute Gasteiger partial charge is 0.322 e. The first-order valence-corrected chi connectivity index (χ1v) is 5.82. The lowest BCUT2D eigenvalue weighted by molar-refractivity contribution is -0.385. The zero-order valence-electron chi connectivity index (χ0n) is 8.71. The molecule has 8 heteroatoms. The lowest BCUT2D eigenvalue weighted by Crippen LogP contribution is -1.95. The van der Waals surface area contributed by atoms with Crippen molar-refractivity contribution in [3.63, 3.8) is 0 Å². The van der Waals surface area contributed by atoms with E-state index in [1.54, 1.807) is 18.2 Å². The molecule has 2 rings (SSSR count). The standard InChI is InChI=1S/C10H5BrClN3O3/c11-8-3-6(12)1-2-9(8)18-10-13-4-7(5-14-10)15(16)17/h1-5H. The zero-order valence-corrected chi connectivity index (χ0v) is 11.1. The average Bonchev–Trinajstić information content (AvgIpc) is 2.33. The Balaban J connectivity index is 2.21. The van der Waals surface area contributed by atoms with E-state index in [0.29, 0.717) is 15.2 Å². The van der Waals surface area contributed by atoms with E-state index in [4.69, 9.17) is 16.3 Å². The van der Waals surface area contributed by atoms with Crippen LogP contribution in [0.1, 0.15) is 0 Å². The SMILES string of the molecule is O=[N+]([O-])c1cnc(Oc2ccc(Cl)cc2Br)nc1. The van der Waals surface area contributed by atoms with Gasteiger partial charge in [-0.25, -0.2) is 0 Å². The number of benzene rings is 1. The molecule has 0 amide bonds. The second kappa shape index (κ2) is 5.28. The summed E-state index contributed by atoms with van der Waals surface area (Å²) in [6, 6.07) is 4.95. The highest BCUT2D eigenvalue weighted by Gasteiger charge is 2.09. The maximum atomic E-state index is 10.4. The molecule has 1 aromatic carbocycles. The molecular formula is C10H5BrClN3O3. The normalized spacial score (nSPS) is 10.1. The van der Waals surface area contributed by atoms with Crippen LogP contribution in [0.15, 0.2) is 35.1 Å². The maximum absolute atomic E-state index is 10.4. The van der Waals surface area contributed by atoms with Gasteiger partial charge in [-0.05, 0) is 34.1 Å². The third-order valence-corrected chi connectivity index (χ3v) is 2.78. The number of nitrogens with zero attached hydrogens (tertiary/aromatic N) is 3. The molecule has 0 unspecified atom stereocenters. The van der Waals surface area contributed by atoms with E-state index >= 15 is 0 Å². The van der Waals surface area contributed by atoms with Crippen molar-refractivity contribution in [3.05, 3.63) is 50.2 Å². The number of aromatic nitrogens is 2. The van der Waals surface area contributed by atoms with Gasteiger partial charge in [-0.15, -0.1) is 0 Å². The van der Waals surface area contributed by atoms with Crippen molar-refractivity contribution < 1.29 is 9.66 Å². The van der Waals surface area contributed by atoms with Crippen LogP contribution in [-0.4, -0.2) is 14.9 Å². The van der Waals surface area contributed by atoms with Gasteiger partial charge in [-0.1, -0.05) is 11.6 Å². The highest BCUT2D eigenvalue weighted by Crippen LogP contribution is 2.30. The predicted octanol–water partition coefficient (Wildman–Crippen LogP) is 3.59. The fraction of sp³-hybridized carbons (Fsp3) is 0. The lowest BCUT2D eigenvalue weighted by atomic mass is 10.3. The molecule has 0 aliphatic rings. The molecule has 0 spiro atoms. The van der Waals surface area contributed by atoms with E-state index < -0.39 is 4.92 Å². The summed E-state index contributed by atoms with van der Waals surface area (Å²) in [5, 5.41) is 11.0. The molecule has 18 heavy (non-hydrogen) atoms. The molecule has 0 aliphatic heterocycles. The topological polar surface area (TPSA) is 78.2 Å². The average molecular weight is 331 g/mol. The van der Waals surface area contributed by atoms with Crippen molar-refractivity contribution in [2.75, 3.05) is 0 Å². The fourth-order valence-electron chi connectivity index (χ4n) is 1.11. The predicted molar refractivity (Wildman–Crippen MR) is 67.9 cm³/mol. The summed E-state index contributed by atoms with van der Waals surface area (Å²) in [5.74, 6) is 0.466. The van der Waals surface area contributed by atoms with Gasteiger partial charge in [0.2, 0.25) is 0 Å². The highest BCUT2D eigenvalue weighted by molar-refractivity contribution is 9.10. The molecule has 0 atom stereocenters. The van der Waals surface area contributed by atoms with Gasteiger partial charge in [-0.2, -0.15) is 9.97 Å². The summed E-state index contributed by atoms with van der Waals surface area (Å²) in [7, 11) is 0. The van der Waals surface area contributed by atoms with Crippen molar-refractivity contribution in [2.24, 2.45) is 0 Å². The second-order valence-electron chi connectivity index (χ2n) is 3.16. The van der Waals surface area contributed by atoms with Gasteiger partial charge >= 0.3 is 11.7 Å². The van der Waals surface area contributed by atoms with Crippen molar-refractivity contribution >= 4 is 33.2 Å². The van der Waals surface area contributed by atoms with E-state index in [1.807, 2.05) is 0 Å². The summed E-state index contributed by atoms with van der Waals surface area (Å²) in [4.78, 5) is 17.3. The summed E-state index contributed by atoms with van der Waals surface area (Å²) in [6.45, 7) is 0. The molecule has 92 valence electrons. The molecule has 0 aliphatic carbocycles. The number of nitro groups is 1. The van der Waals surface area contributed by atoms with Gasteiger partial charge in [0, 0.05) is 5.02 Å². The zero-order chi connectivity index (χ0) is 13.1. The van der Waals surface area contributed by atoms with Crippen LogP contribution >= 0.6 is 27.5 Å². The van der Waals surface area contributed by atoms with Crippen LogP contribution in [0.2, 0.25) is 5.02 Å². The first kappa shape index (κ1) is 12.7. The van der Waals surface area contributed by atoms with Crippen LogP contribution in [0.3, 0.4) is 0 Å². The minimum absolute atomic E-state index is 0.0172. The Kier molecular flexibility index (Phi) is 3.73. The minimum atomic E-state index is -0.581. The third-order valence-electron chi connectivity index (χ3n) is 1.92. The Hall–Kier alpha value is -1.73. The molecular weight excluding hydrogens is 325 g/mol. The molecule has 1 aromatic heterocycles. The van der Waals surface area contributed by atoms with E-state index in [-0.39, 0.29) is 11.7 Å². The number of ether oxygens (including phenoxy) is 1. The molecule has 0 fully saturated rings. The van der Waals surface area contributed by atoms with E-state index in [9.17, 15) is 10.1 Å². The molecule has 0 saturated carbocycles. The molecule has 0 saturated heterocycles. The first-order valence-electron chi connectivity index (χ1n) is 4.65. The fourth-order valence-corrected chi connectivity index (χ4v) is 1.88. The van der Waals surface area contributed by atoms with Gasteiger partial charge < -0.3 is 4.74 Å². The number of hydrogen-bond donors (Lipinski definition) is 0. The monoisotopic (exact) mass is 329 g/mol. The molecule has 2 aromatic rings. The van der Waals surface area contributed by atoms with Gasteiger partial charge in [0.05, 0.1) is 9.40 Å². The quantitative estimate of drug-likeness (QED) is 0.635. The molecule has 6 nitrogen and oxygen atoms in total. The van der Waals surface area contributed by atoms with Crippen LogP contribution < -0.4 is 4.74 Å². The number of rotatable bonds is 3. The summed E-state index contributed by atoms with van der Waals surface area (Å²) >= 11 is 9.05. The Bertz CT molecular complexity index is 591. The summed E-state index contributed by atoms with van der Waals surface area (Å²) in [6.07, 6.45) is 2.15. The Labute approximate surface area is 115 Å². The van der Waals surface area contributed by atoms with Gasteiger partial charge in [0.15, 0.2) is 0 Å². The van der Waals surface area contributed by atoms with Crippen molar-refractivity contribution in [2.45, 2.75) is 0 Å². The first-order chi connectivity index (χ1) is 8.56. The van der Waals surface area contributed by atoms with E-state index in [2.05, 4.69) is 25.9 Å². The van der Waals surface area contributed by atoms with Gasteiger partial charge in [0.25, 0.3) is 0 Å². The van der Waals surface area contributed by atoms with Gasteiger partial charge in [0.1, 0.15) is 18.1 Å². The highest BCUT2D eigenvalue weighted by atomic mass is 79.9.